The fraction of sp³-hybridized carbons (Fsp3) is 0.417. The van der Waals surface area contributed by atoms with Gasteiger partial charge in [0.05, 0.1) is 36.5 Å². The summed E-state index contributed by atoms with van der Waals surface area (Å²) in [5, 5.41) is 64.0. The highest BCUT2D eigenvalue weighted by Gasteiger charge is 2.23. The molecule has 3 unspecified atom stereocenters. The number of aliphatic hydroxyl groups is 3. The number of hydrogen-bond donors (Lipinski definition) is 6. The molecular formula is C36H45N3O12. The molecule has 0 aliphatic rings. The summed E-state index contributed by atoms with van der Waals surface area (Å²) in [6, 6.07) is 9.44. The highest BCUT2D eigenvalue weighted by atomic mass is 16.5. The summed E-state index contributed by atoms with van der Waals surface area (Å²) in [5.41, 5.74) is 1.67. The maximum absolute atomic E-state index is 11.3. The Labute approximate surface area is 295 Å². The van der Waals surface area contributed by atoms with Crippen molar-refractivity contribution in [3.63, 3.8) is 0 Å². The van der Waals surface area contributed by atoms with Gasteiger partial charge in [-0.15, -0.1) is 0 Å². The van der Waals surface area contributed by atoms with Crippen LogP contribution in [0.15, 0.2) is 36.4 Å². The largest absolute Gasteiger partial charge is 0.507 e. The Balaban J connectivity index is 1.81. The molecule has 0 fully saturated rings. The number of nitrogens with zero attached hydrogens (tertiary/aromatic N) is 3. The Morgan fingerprint density at radius 3 is 0.941 bits per heavy atom. The fourth-order valence-corrected chi connectivity index (χ4v) is 5.07. The lowest BCUT2D eigenvalue weighted by atomic mass is 10.1. The van der Waals surface area contributed by atoms with Crippen LogP contribution in [-0.4, -0.2) is 125 Å². The van der Waals surface area contributed by atoms with Crippen molar-refractivity contribution < 1.29 is 59.1 Å². The number of phenolic OH excluding ortho intramolecular Hbond substituents is 3. The summed E-state index contributed by atoms with van der Waals surface area (Å²) in [6.45, 7) is 4.92. The van der Waals surface area contributed by atoms with Crippen molar-refractivity contribution in [3.8, 4) is 68.7 Å². The van der Waals surface area contributed by atoms with Crippen LogP contribution in [0.1, 0.15) is 16.7 Å². The number of phenols is 3. The summed E-state index contributed by atoms with van der Waals surface area (Å²) >= 11 is 0. The third kappa shape index (κ3) is 9.52. The van der Waals surface area contributed by atoms with E-state index in [0.29, 0.717) is 33.9 Å². The number of aromatic nitrogens is 3. The molecule has 3 atom stereocenters. The fourth-order valence-electron chi connectivity index (χ4n) is 5.07. The van der Waals surface area contributed by atoms with Crippen LogP contribution >= 0.6 is 0 Å². The minimum absolute atomic E-state index is 0.0155. The van der Waals surface area contributed by atoms with E-state index >= 15 is 0 Å². The van der Waals surface area contributed by atoms with Gasteiger partial charge in [0.25, 0.3) is 0 Å². The van der Waals surface area contributed by atoms with Crippen molar-refractivity contribution in [2.45, 2.75) is 39.1 Å². The van der Waals surface area contributed by atoms with E-state index in [1.54, 1.807) is 57.2 Å². The average molecular weight is 712 g/mol. The van der Waals surface area contributed by atoms with Gasteiger partial charge < -0.3 is 59.1 Å². The third-order valence-electron chi connectivity index (χ3n) is 7.87. The number of benzene rings is 3. The molecule has 15 nitrogen and oxygen atoms in total. The van der Waals surface area contributed by atoms with Crippen molar-refractivity contribution in [1.82, 2.24) is 15.0 Å². The van der Waals surface area contributed by atoms with Crippen molar-refractivity contribution in [2.75, 3.05) is 61.0 Å². The predicted molar refractivity (Wildman–Crippen MR) is 185 cm³/mol. The predicted octanol–water partition coefficient (Wildman–Crippen LogP) is 3.07. The highest BCUT2D eigenvalue weighted by Crippen LogP contribution is 2.41. The van der Waals surface area contributed by atoms with E-state index in [1.807, 2.05) is 0 Å². The molecule has 0 saturated carbocycles. The Morgan fingerprint density at radius 2 is 0.706 bits per heavy atom. The van der Waals surface area contributed by atoms with E-state index in [-0.39, 0.29) is 91.1 Å². The Morgan fingerprint density at radius 1 is 0.451 bits per heavy atom. The normalized spacial score (nSPS) is 13.1. The van der Waals surface area contributed by atoms with Crippen molar-refractivity contribution >= 4 is 0 Å². The van der Waals surface area contributed by atoms with Gasteiger partial charge in [-0.2, -0.15) is 0 Å². The summed E-state index contributed by atoms with van der Waals surface area (Å²) in [4.78, 5) is 13.8. The second kappa shape index (κ2) is 17.9. The lowest BCUT2D eigenvalue weighted by Crippen LogP contribution is -2.22. The first-order chi connectivity index (χ1) is 24.4. The monoisotopic (exact) mass is 711 g/mol. The molecule has 276 valence electrons. The molecule has 0 spiro atoms. The number of aromatic hydroxyl groups is 3. The molecule has 4 aromatic rings. The smallest absolute Gasteiger partial charge is 0.167 e. The van der Waals surface area contributed by atoms with Crippen LogP contribution in [-0.2, 0) is 14.2 Å². The number of rotatable bonds is 18. The number of hydrogen-bond acceptors (Lipinski definition) is 15. The van der Waals surface area contributed by atoms with E-state index in [1.165, 1.54) is 21.3 Å². The van der Waals surface area contributed by atoms with Crippen LogP contribution in [0.2, 0.25) is 0 Å². The van der Waals surface area contributed by atoms with E-state index < -0.39 is 18.3 Å². The zero-order valence-corrected chi connectivity index (χ0v) is 29.4. The Hall–Kier alpha value is -4.77. The Bertz CT molecular complexity index is 1570. The molecule has 0 saturated heterocycles. The van der Waals surface area contributed by atoms with E-state index in [0.717, 1.165) is 0 Å². The van der Waals surface area contributed by atoms with Gasteiger partial charge in [0, 0.05) is 38.0 Å². The van der Waals surface area contributed by atoms with Gasteiger partial charge in [-0.05, 0) is 57.2 Å². The first-order valence-corrected chi connectivity index (χ1v) is 16.0. The summed E-state index contributed by atoms with van der Waals surface area (Å²) < 4.78 is 32.0. The number of aliphatic hydroxyl groups excluding tert-OH is 3. The first kappa shape index (κ1) is 39.0. The molecule has 15 heteroatoms. The van der Waals surface area contributed by atoms with Crippen LogP contribution in [0.4, 0.5) is 0 Å². The van der Waals surface area contributed by atoms with Crippen LogP contribution < -0.4 is 14.2 Å². The topological polar surface area (TPSA) is 215 Å². The SMILES string of the molecule is COCC(O)COc1ccc(-c2nc(-c3ccc(OCC(O)COC)c(C)c3O)nc(-c3ccc(OCC(O)COC)c(C)c3O)n2)c(O)c1C. The zero-order chi connectivity index (χ0) is 37.2. The van der Waals surface area contributed by atoms with Gasteiger partial charge in [-0.3, -0.25) is 0 Å². The molecule has 4 rings (SSSR count). The summed E-state index contributed by atoms with van der Waals surface area (Å²) in [7, 11) is 4.39. The molecule has 3 aromatic carbocycles. The Kier molecular flexibility index (Phi) is 13.7. The lowest BCUT2D eigenvalue weighted by Gasteiger charge is -2.17. The first-order valence-electron chi connectivity index (χ1n) is 16.0. The molecule has 0 radical (unpaired) electrons. The molecule has 0 aliphatic heterocycles. The van der Waals surface area contributed by atoms with Gasteiger partial charge in [-0.25, -0.2) is 15.0 Å². The average Bonchev–Trinajstić information content (AvgIpc) is 3.10. The number of ether oxygens (including phenoxy) is 6. The number of methoxy groups -OCH3 is 3. The van der Waals surface area contributed by atoms with Gasteiger partial charge in [-0.1, -0.05) is 0 Å². The second-order valence-corrected chi connectivity index (χ2v) is 11.8. The van der Waals surface area contributed by atoms with Gasteiger partial charge in [0.1, 0.15) is 72.6 Å². The molecule has 0 aliphatic carbocycles. The van der Waals surface area contributed by atoms with E-state index in [9.17, 15) is 30.6 Å². The highest BCUT2D eigenvalue weighted by molar-refractivity contribution is 5.77. The summed E-state index contributed by atoms with van der Waals surface area (Å²) in [6.07, 6.45) is -2.63. The van der Waals surface area contributed by atoms with Crippen LogP contribution in [0.25, 0.3) is 34.2 Å². The molecule has 1 aromatic heterocycles. The molecule has 0 bridgehead atoms. The van der Waals surface area contributed by atoms with Crippen molar-refractivity contribution in [3.05, 3.63) is 53.1 Å². The maximum Gasteiger partial charge on any atom is 0.167 e. The third-order valence-corrected chi connectivity index (χ3v) is 7.87. The summed E-state index contributed by atoms with van der Waals surface area (Å²) in [5.74, 6) is 0.405. The molecule has 0 amide bonds. The van der Waals surface area contributed by atoms with Crippen LogP contribution in [0, 0.1) is 20.8 Å². The maximum atomic E-state index is 11.3. The van der Waals surface area contributed by atoms with Crippen molar-refractivity contribution in [1.29, 1.82) is 0 Å². The van der Waals surface area contributed by atoms with Crippen LogP contribution in [0.3, 0.4) is 0 Å². The minimum Gasteiger partial charge on any atom is -0.507 e. The zero-order valence-electron chi connectivity index (χ0n) is 29.4. The van der Waals surface area contributed by atoms with Gasteiger partial charge in [0.15, 0.2) is 17.5 Å². The lowest BCUT2D eigenvalue weighted by molar-refractivity contribution is 0.0323. The minimum atomic E-state index is -0.878. The molecule has 6 N–H and O–H groups in total. The quantitative estimate of drug-likeness (QED) is 0.0875. The molecular weight excluding hydrogens is 666 g/mol. The molecule has 51 heavy (non-hydrogen) atoms. The van der Waals surface area contributed by atoms with E-state index in [4.69, 9.17) is 28.4 Å². The van der Waals surface area contributed by atoms with E-state index in [2.05, 4.69) is 15.0 Å². The second-order valence-electron chi connectivity index (χ2n) is 11.8. The molecule has 1 heterocycles. The van der Waals surface area contributed by atoms with Crippen LogP contribution in [0.5, 0.6) is 34.5 Å². The van der Waals surface area contributed by atoms with Gasteiger partial charge >= 0.3 is 0 Å². The standard InChI is InChI=1S/C36H45N3O12/c1-19-28(49-16-22(40)13-46-4)10-7-25(31(19)43)34-37-35(26-8-11-29(20(2)32(26)44)50-17-23(41)14-47-5)39-36(38-34)27-9-12-30(21(3)33(27)45)51-18-24(42)15-48-6/h7-12,22-24,40-45H,13-18H2,1-6H3. The van der Waals surface area contributed by atoms with Crippen molar-refractivity contribution in [2.24, 2.45) is 0 Å². The van der Waals surface area contributed by atoms with Gasteiger partial charge in [0.2, 0.25) is 0 Å².